The van der Waals surface area contributed by atoms with Gasteiger partial charge in [-0.15, -0.1) is 0 Å². The number of para-hydroxylation sites is 1. The van der Waals surface area contributed by atoms with Crippen LogP contribution < -0.4 is 4.90 Å². The lowest BCUT2D eigenvalue weighted by atomic mass is 9.90. The third-order valence-electron chi connectivity index (χ3n) is 5.15. The Morgan fingerprint density at radius 2 is 1.96 bits per heavy atom. The maximum absolute atomic E-state index is 10.7. The molecular weight excluding hydrogens is 380 g/mol. The maximum Gasteiger partial charge on any atom is 0.137 e. The van der Waals surface area contributed by atoms with Crippen molar-refractivity contribution >= 4 is 32.5 Å². The van der Waals surface area contributed by atoms with Gasteiger partial charge in [0.25, 0.3) is 0 Å². The molecule has 0 bridgehead atoms. The minimum Gasteiger partial charge on any atom is -0.385 e. The highest BCUT2D eigenvalue weighted by atomic mass is 79.9. The number of aliphatic hydroxyl groups excluding tert-OH is 1. The van der Waals surface area contributed by atoms with Crippen LogP contribution in [-0.4, -0.2) is 32.7 Å². The Morgan fingerprint density at radius 3 is 2.68 bits per heavy atom. The fourth-order valence-electron chi connectivity index (χ4n) is 3.73. The van der Waals surface area contributed by atoms with Crippen LogP contribution in [0.4, 0.5) is 5.69 Å². The second-order valence-corrected chi connectivity index (χ2v) is 7.49. The van der Waals surface area contributed by atoms with E-state index in [9.17, 15) is 5.11 Å². The third kappa shape index (κ3) is 3.04. The number of anilines is 1. The maximum atomic E-state index is 10.7. The molecule has 3 aromatic rings. The minimum atomic E-state index is -0.495. The number of fused-ring (bicyclic) bond motifs is 1. The number of aryl methyl sites for hydroxylation is 1. The third-order valence-corrected chi connectivity index (χ3v) is 5.79. The van der Waals surface area contributed by atoms with Gasteiger partial charge in [-0.05, 0) is 46.8 Å². The average Bonchev–Trinajstić information content (AvgIpc) is 3.07. The van der Waals surface area contributed by atoms with Crippen LogP contribution in [-0.2, 0) is 7.05 Å². The van der Waals surface area contributed by atoms with Crippen LogP contribution in [0.15, 0.2) is 47.3 Å². The number of hydrogen-bond acceptors (Lipinski definition) is 4. The molecule has 0 amide bonds. The Hall–Kier alpha value is -1.92. The van der Waals surface area contributed by atoms with Gasteiger partial charge in [0, 0.05) is 54.3 Å². The molecule has 1 fully saturated rings. The fraction of sp³-hybridized carbons (Fsp3) is 0.368. The van der Waals surface area contributed by atoms with Crippen molar-refractivity contribution in [3.05, 3.63) is 53.2 Å². The summed E-state index contributed by atoms with van der Waals surface area (Å²) in [6, 6.07) is 8.28. The predicted octanol–water partition coefficient (Wildman–Crippen LogP) is 3.68. The first-order chi connectivity index (χ1) is 12.1. The number of piperidine rings is 1. The molecule has 0 radical (unpaired) electrons. The summed E-state index contributed by atoms with van der Waals surface area (Å²) in [5.74, 6) is 1.01. The molecule has 1 saturated heterocycles. The molecule has 4 rings (SSSR count). The monoisotopic (exact) mass is 400 g/mol. The normalized spacial score (nSPS) is 17.2. The molecule has 0 aliphatic carbocycles. The fourth-order valence-corrected chi connectivity index (χ4v) is 4.20. The van der Waals surface area contributed by atoms with Crippen LogP contribution in [0.25, 0.3) is 10.9 Å². The van der Waals surface area contributed by atoms with Crippen molar-refractivity contribution in [2.75, 3.05) is 18.0 Å². The van der Waals surface area contributed by atoms with Gasteiger partial charge < -0.3 is 14.6 Å². The minimum absolute atomic E-state index is 0.247. The van der Waals surface area contributed by atoms with Gasteiger partial charge in [-0.3, -0.25) is 4.98 Å². The molecule has 2 aromatic heterocycles. The van der Waals surface area contributed by atoms with Crippen LogP contribution in [0.3, 0.4) is 0 Å². The van der Waals surface area contributed by atoms with E-state index >= 15 is 0 Å². The Balaban J connectivity index is 1.53. The topological polar surface area (TPSA) is 54.2 Å². The lowest BCUT2D eigenvalue weighted by Crippen LogP contribution is -2.36. The summed E-state index contributed by atoms with van der Waals surface area (Å²) in [5, 5.41) is 11.8. The van der Waals surface area contributed by atoms with Crippen LogP contribution >= 0.6 is 15.9 Å². The van der Waals surface area contributed by atoms with Crippen LogP contribution in [0.1, 0.15) is 24.8 Å². The van der Waals surface area contributed by atoms with E-state index in [2.05, 4.69) is 49.0 Å². The highest BCUT2D eigenvalue weighted by molar-refractivity contribution is 9.10. The summed E-state index contributed by atoms with van der Waals surface area (Å²) >= 11 is 3.59. The first-order valence-corrected chi connectivity index (χ1v) is 9.38. The van der Waals surface area contributed by atoms with Gasteiger partial charge in [-0.2, -0.15) is 0 Å². The molecule has 1 aliphatic heterocycles. The summed E-state index contributed by atoms with van der Waals surface area (Å²) in [6.07, 6.45) is 6.91. The predicted molar refractivity (Wildman–Crippen MR) is 103 cm³/mol. The molecule has 130 valence electrons. The van der Waals surface area contributed by atoms with Gasteiger partial charge in [0.2, 0.25) is 0 Å². The Labute approximate surface area is 155 Å². The Bertz CT molecular complexity index is 886. The quantitative estimate of drug-likeness (QED) is 0.728. The first kappa shape index (κ1) is 16.5. The highest BCUT2D eigenvalue weighted by Crippen LogP contribution is 2.35. The molecule has 0 saturated carbocycles. The van der Waals surface area contributed by atoms with E-state index in [-0.39, 0.29) is 5.92 Å². The van der Waals surface area contributed by atoms with Crippen molar-refractivity contribution in [3.63, 3.8) is 0 Å². The van der Waals surface area contributed by atoms with Gasteiger partial charge >= 0.3 is 0 Å². The van der Waals surface area contributed by atoms with Crippen molar-refractivity contribution in [3.8, 4) is 0 Å². The number of aromatic nitrogens is 3. The number of halogens is 1. The number of benzene rings is 1. The lowest BCUT2D eigenvalue weighted by molar-refractivity contribution is 0.0825. The first-order valence-electron chi connectivity index (χ1n) is 8.58. The van der Waals surface area contributed by atoms with Crippen molar-refractivity contribution in [1.82, 2.24) is 14.5 Å². The standard InChI is InChI=1S/C19H21BrN4O/c1-23-12-9-22-19(23)18(25)13-6-10-24(11-7-13)16-5-8-21-17-14(16)3-2-4-15(17)20/h2-5,8-9,12-13,18,25H,6-7,10-11H2,1H3. The van der Waals surface area contributed by atoms with Gasteiger partial charge in [-0.25, -0.2) is 4.98 Å². The van der Waals surface area contributed by atoms with Crippen LogP contribution in [0.5, 0.6) is 0 Å². The van der Waals surface area contributed by atoms with E-state index in [0.29, 0.717) is 0 Å². The molecule has 1 aliphatic rings. The zero-order valence-electron chi connectivity index (χ0n) is 14.1. The largest absolute Gasteiger partial charge is 0.385 e. The van der Waals surface area contributed by atoms with Crippen molar-refractivity contribution in [2.45, 2.75) is 18.9 Å². The molecule has 25 heavy (non-hydrogen) atoms. The van der Waals surface area contributed by atoms with E-state index in [0.717, 1.165) is 41.7 Å². The van der Waals surface area contributed by atoms with Crippen molar-refractivity contribution in [2.24, 2.45) is 13.0 Å². The van der Waals surface area contributed by atoms with Gasteiger partial charge in [0.1, 0.15) is 11.9 Å². The molecule has 1 N–H and O–H groups in total. The number of imidazole rings is 1. The number of pyridine rings is 1. The Kier molecular flexibility index (Phi) is 4.48. The molecule has 1 unspecified atom stereocenters. The SMILES string of the molecule is Cn1ccnc1C(O)C1CCN(c2ccnc3c(Br)cccc23)CC1. The number of hydrogen-bond donors (Lipinski definition) is 1. The summed E-state index contributed by atoms with van der Waals surface area (Å²) < 4.78 is 2.93. The molecule has 0 spiro atoms. The van der Waals surface area contributed by atoms with E-state index in [1.807, 2.05) is 30.1 Å². The zero-order valence-corrected chi connectivity index (χ0v) is 15.7. The highest BCUT2D eigenvalue weighted by Gasteiger charge is 2.29. The number of aliphatic hydroxyl groups is 1. The lowest BCUT2D eigenvalue weighted by Gasteiger charge is -2.35. The Morgan fingerprint density at radius 1 is 1.16 bits per heavy atom. The molecule has 5 nitrogen and oxygen atoms in total. The molecule has 1 aromatic carbocycles. The van der Waals surface area contributed by atoms with E-state index in [1.54, 1.807) is 6.20 Å². The molecular formula is C19H21BrN4O. The smallest absolute Gasteiger partial charge is 0.137 e. The number of nitrogens with zero attached hydrogens (tertiary/aromatic N) is 4. The summed E-state index contributed by atoms with van der Waals surface area (Å²) in [7, 11) is 1.93. The average molecular weight is 401 g/mol. The van der Waals surface area contributed by atoms with Crippen LogP contribution in [0.2, 0.25) is 0 Å². The van der Waals surface area contributed by atoms with E-state index in [4.69, 9.17) is 0 Å². The van der Waals surface area contributed by atoms with E-state index in [1.165, 1.54) is 11.1 Å². The van der Waals surface area contributed by atoms with Crippen LogP contribution in [0, 0.1) is 5.92 Å². The van der Waals surface area contributed by atoms with E-state index < -0.39 is 6.10 Å². The number of rotatable bonds is 3. The van der Waals surface area contributed by atoms with Gasteiger partial charge in [0.15, 0.2) is 0 Å². The summed E-state index contributed by atoms with van der Waals surface area (Å²) in [6.45, 7) is 1.86. The molecule has 6 heteroatoms. The van der Waals surface area contributed by atoms with Crippen molar-refractivity contribution in [1.29, 1.82) is 0 Å². The zero-order chi connectivity index (χ0) is 17.4. The summed E-state index contributed by atoms with van der Waals surface area (Å²) in [4.78, 5) is 11.2. The molecule has 3 heterocycles. The van der Waals surface area contributed by atoms with Gasteiger partial charge in [-0.1, -0.05) is 12.1 Å². The molecule has 1 atom stereocenters. The second-order valence-electron chi connectivity index (χ2n) is 6.63. The van der Waals surface area contributed by atoms with Gasteiger partial charge in [0.05, 0.1) is 5.52 Å². The van der Waals surface area contributed by atoms with Crippen molar-refractivity contribution < 1.29 is 5.11 Å². The second kappa shape index (κ2) is 6.77. The summed E-state index contributed by atoms with van der Waals surface area (Å²) in [5.41, 5.74) is 2.21.